The van der Waals surface area contributed by atoms with E-state index in [9.17, 15) is 0 Å². The van der Waals surface area contributed by atoms with E-state index in [1.54, 1.807) is 0 Å². The quantitative estimate of drug-likeness (QED) is 0.0672. The first-order valence-corrected chi connectivity index (χ1v) is 26.4. The SMILES string of the molecule is CCC(C)COc1cc2c(cc1OCC(C)CC)C1(c3cc(C=Cc4ccc(Br)cc4)ccc3-c3ccc(CCc4ccc(Br)cc4)cc31)c1cc(OCC(C)CC)c(OCC(C)CC)cc1-2. The number of benzene rings is 6. The van der Waals surface area contributed by atoms with Crippen LogP contribution in [0.5, 0.6) is 23.0 Å². The first-order valence-electron chi connectivity index (χ1n) is 24.8. The van der Waals surface area contributed by atoms with Crippen molar-refractivity contribution in [3.8, 4) is 45.3 Å². The Kier molecular flexibility index (Phi) is 15.7. The van der Waals surface area contributed by atoms with Crippen molar-refractivity contribution in [3.05, 3.63) is 163 Å². The molecular weight excluding hydrogens is 956 g/mol. The Labute approximate surface area is 417 Å². The maximum absolute atomic E-state index is 6.91. The van der Waals surface area contributed by atoms with Crippen molar-refractivity contribution >= 4 is 44.0 Å². The van der Waals surface area contributed by atoms with Crippen LogP contribution in [0.15, 0.2) is 118 Å². The molecular formula is C61H68Br2O4. The highest BCUT2D eigenvalue weighted by atomic mass is 79.9. The van der Waals surface area contributed by atoms with E-state index < -0.39 is 5.41 Å². The van der Waals surface area contributed by atoms with Gasteiger partial charge >= 0.3 is 0 Å². The third-order valence-electron chi connectivity index (χ3n) is 14.3. The predicted molar refractivity (Wildman–Crippen MR) is 287 cm³/mol. The minimum Gasteiger partial charge on any atom is -0.489 e. The standard InChI is InChI=1S/C61H68Br2O4/c1-9-39(5)35-64-57-31-51-52-32-58(65-36-40(6)10-2)60(67-38-42(8)12-4)34-56(52)61(55(51)33-59(57)66-37-41(7)11-3)53-29-45(15-13-43-17-23-47(62)24-18-43)21-27-49(53)50-28-22-46(30-54(50)61)16-14-44-19-25-48(63)26-20-44/h13,15,17-34,39-42H,9-12,14,16,35-38H2,1-8H3. The Hall–Kier alpha value is -4.78. The monoisotopic (exact) mass is 1020 g/mol. The van der Waals surface area contributed by atoms with Crippen molar-refractivity contribution in [2.24, 2.45) is 23.7 Å². The van der Waals surface area contributed by atoms with Crippen molar-refractivity contribution in [1.82, 2.24) is 0 Å². The lowest BCUT2D eigenvalue weighted by molar-refractivity contribution is 0.217. The fourth-order valence-electron chi connectivity index (χ4n) is 9.12. The Morgan fingerprint density at radius 3 is 1.24 bits per heavy atom. The molecule has 8 rings (SSSR count). The lowest BCUT2D eigenvalue weighted by Crippen LogP contribution is -2.26. The summed E-state index contributed by atoms with van der Waals surface area (Å²) in [6.07, 6.45) is 10.5. The van der Waals surface area contributed by atoms with Gasteiger partial charge in [-0.05, 0) is 158 Å². The number of halogens is 2. The van der Waals surface area contributed by atoms with Gasteiger partial charge in [0.25, 0.3) is 0 Å². The minimum absolute atomic E-state index is 0.388. The Bertz CT molecular complexity index is 2600. The third-order valence-corrected chi connectivity index (χ3v) is 15.4. The van der Waals surface area contributed by atoms with Gasteiger partial charge in [-0.3, -0.25) is 0 Å². The minimum atomic E-state index is -0.697. The largest absolute Gasteiger partial charge is 0.489 e. The molecule has 0 bridgehead atoms. The molecule has 0 heterocycles. The lowest BCUT2D eigenvalue weighted by Gasteiger charge is -2.32. The number of hydrogen-bond acceptors (Lipinski definition) is 4. The smallest absolute Gasteiger partial charge is 0.161 e. The van der Waals surface area contributed by atoms with Gasteiger partial charge in [0, 0.05) is 8.95 Å². The first kappa shape index (κ1) is 48.7. The normalized spacial score (nSPS) is 16.3. The van der Waals surface area contributed by atoms with Gasteiger partial charge in [0.15, 0.2) is 23.0 Å². The number of fused-ring (bicyclic) bond motifs is 10. The van der Waals surface area contributed by atoms with Crippen molar-refractivity contribution in [2.75, 3.05) is 26.4 Å². The van der Waals surface area contributed by atoms with Crippen LogP contribution in [0.25, 0.3) is 34.4 Å². The molecule has 2 aliphatic rings. The zero-order valence-electron chi connectivity index (χ0n) is 40.8. The molecule has 0 saturated carbocycles. The summed E-state index contributed by atoms with van der Waals surface area (Å²) < 4.78 is 29.6. The number of rotatable bonds is 21. The highest BCUT2D eigenvalue weighted by Crippen LogP contribution is 2.65. The fourth-order valence-corrected chi connectivity index (χ4v) is 9.64. The van der Waals surface area contributed by atoms with E-state index in [1.807, 2.05) is 0 Å². The molecule has 0 saturated heterocycles. The Balaban J connectivity index is 1.41. The second kappa shape index (κ2) is 21.7. The number of aryl methyl sites for hydroxylation is 2. The van der Waals surface area contributed by atoms with Gasteiger partial charge in [-0.15, -0.1) is 0 Å². The molecule has 4 atom stereocenters. The van der Waals surface area contributed by atoms with Gasteiger partial charge in [0.2, 0.25) is 0 Å². The predicted octanol–water partition coefficient (Wildman–Crippen LogP) is 17.2. The summed E-state index contributed by atoms with van der Waals surface area (Å²) in [6, 6.07) is 40.7. The van der Waals surface area contributed by atoms with Crippen molar-refractivity contribution in [2.45, 2.75) is 99.3 Å². The molecule has 0 amide bonds. The van der Waals surface area contributed by atoms with Crippen LogP contribution < -0.4 is 18.9 Å². The molecule has 6 aromatic rings. The van der Waals surface area contributed by atoms with E-state index in [0.29, 0.717) is 50.1 Å². The summed E-state index contributed by atoms with van der Waals surface area (Å²) in [5.74, 6) is 4.74. The van der Waals surface area contributed by atoms with Crippen LogP contribution in [0.2, 0.25) is 0 Å². The van der Waals surface area contributed by atoms with Crippen LogP contribution >= 0.6 is 31.9 Å². The van der Waals surface area contributed by atoms with Crippen molar-refractivity contribution in [3.63, 3.8) is 0 Å². The van der Waals surface area contributed by atoms with Crippen molar-refractivity contribution < 1.29 is 18.9 Å². The summed E-state index contributed by atoms with van der Waals surface area (Å²) in [5, 5.41) is 0. The molecule has 6 aromatic carbocycles. The van der Waals surface area contributed by atoms with Gasteiger partial charge < -0.3 is 18.9 Å². The number of ether oxygens (including phenoxy) is 4. The average Bonchev–Trinajstić information content (AvgIpc) is 3.79. The van der Waals surface area contributed by atoms with Crippen LogP contribution in [-0.2, 0) is 18.3 Å². The van der Waals surface area contributed by atoms with E-state index in [2.05, 4.69) is 209 Å². The van der Waals surface area contributed by atoms with Crippen LogP contribution in [0.4, 0.5) is 0 Å². The molecule has 0 aromatic heterocycles. The summed E-state index contributed by atoms with van der Waals surface area (Å²) in [7, 11) is 0. The van der Waals surface area contributed by atoms with Gasteiger partial charge in [-0.25, -0.2) is 0 Å². The second-order valence-corrected chi connectivity index (χ2v) is 21.3. The molecule has 0 fully saturated rings. The van der Waals surface area contributed by atoms with Crippen LogP contribution in [0.1, 0.15) is 126 Å². The molecule has 0 aliphatic heterocycles. The summed E-state index contributed by atoms with van der Waals surface area (Å²) >= 11 is 7.25. The molecule has 6 heteroatoms. The van der Waals surface area contributed by atoms with Gasteiger partial charge in [-0.1, -0.05) is 180 Å². The Morgan fingerprint density at radius 1 is 0.403 bits per heavy atom. The fraction of sp³-hybridized carbons (Fsp3) is 0.377. The molecule has 2 aliphatic carbocycles. The van der Waals surface area contributed by atoms with Crippen molar-refractivity contribution in [1.29, 1.82) is 0 Å². The van der Waals surface area contributed by atoms with Gasteiger partial charge in [0.05, 0.1) is 31.8 Å². The molecule has 67 heavy (non-hydrogen) atoms. The Morgan fingerprint density at radius 2 is 0.761 bits per heavy atom. The van der Waals surface area contributed by atoms with Gasteiger partial charge in [-0.2, -0.15) is 0 Å². The molecule has 0 N–H and O–H groups in total. The second-order valence-electron chi connectivity index (χ2n) is 19.4. The topological polar surface area (TPSA) is 36.9 Å². The number of hydrogen-bond donors (Lipinski definition) is 0. The van der Waals surface area contributed by atoms with Crippen LogP contribution in [0, 0.1) is 23.7 Å². The highest BCUT2D eigenvalue weighted by molar-refractivity contribution is 9.10. The van der Waals surface area contributed by atoms with E-state index in [-0.39, 0.29) is 0 Å². The maximum atomic E-state index is 6.91. The zero-order valence-corrected chi connectivity index (χ0v) is 44.0. The molecule has 350 valence electrons. The van der Waals surface area contributed by atoms with E-state index >= 15 is 0 Å². The first-order chi connectivity index (χ1) is 32.4. The summed E-state index contributed by atoms with van der Waals surface area (Å²) in [4.78, 5) is 0. The van der Waals surface area contributed by atoms with E-state index in [1.165, 1.54) is 44.5 Å². The van der Waals surface area contributed by atoms with E-state index in [4.69, 9.17) is 18.9 Å². The average molecular weight is 1030 g/mol. The molecule has 4 unspecified atom stereocenters. The molecule has 4 nitrogen and oxygen atoms in total. The van der Waals surface area contributed by atoms with Gasteiger partial charge in [0.1, 0.15) is 0 Å². The zero-order chi connectivity index (χ0) is 47.2. The van der Waals surface area contributed by atoms with Crippen LogP contribution in [-0.4, -0.2) is 26.4 Å². The van der Waals surface area contributed by atoms with Crippen LogP contribution in [0.3, 0.4) is 0 Å². The molecule has 0 radical (unpaired) electrons. The van der Waals surface area contributed by atoms with E-state index in [0.717, 1.165) is 92.7 Å². The lowest BCUT2D eigenvalue weighted by atomic mass is 9.70. The highest BCUT2D eigenvalue weighted by Gasteiger charge is 2.53. The maximum Gasteiger partial charge on any atom is 0.161 e. The third kappa shape index (κ3) is 10.5. The summed E-state index contributed by atoms with van der Waals surface area (Å²) in [6.45, 7) is 20.4. The summed E-state index contributed by atoms with van der Waals surface area (Å²) in [5.41, 5.74) is 13.9. The molecule has 1 spiro atoms.